The number of benzene rings is 3. The summed E-state index contributed by atoms with van der Waals surface area (Å²) in [6.45, 7) is -3.02. The maximum absolute atomic E-state index is 12.7. The van der Waals surface area contributed by atoms with Crippen LogP contribution in [0.2, 0.25) is 0 Å². The van der Waals surface area contributed by atoms with Gasteiger partial charge in [0, 0.05) is 23.0 Å². The number of carbonyl (C=O) groups excluding carboxylic acids is 1. The van der Waals surface area contributed by atoms with Crippen LogP contribution in [0.5, 0.6) is 11.5 Å². The Balaban J connectivity index is 1.52. The number of hydrogen-bond acceptors (Lipinski definition) is 6. The number of nitrogens with one attached hydrogen (secondary N) is 1. The normalized spacial score (nSPS) is 10.8. The average Bonchev–Trinajstić information content (AvgIpc) is 3.28. The third-order valence-electron chi connectivity index (χ3n) is 4.68. The number of aromatic nitrogens is 3. The van der Waals surface area contributed by atoms with Crippen LogP contribution in [0.3, 0.4) is 0 Å². The summed E-state index contributed by atoms with van der Waals surface area (Å²) in [5.41, 5.74) is 2.05. The van der Waals surface area contributed by atoms with Gasteiger partial charge in [0.1, 0.15) is 0 Å². The van der Waals surface area contributed by atoms with Crippen LogP contribution in [-0.2, 0) is 4.79 Å². The zero-order chi connectivity index (χ0) is 23.9. The predicted molar refractivity (Wildman–Crippen MR) is 126 cm³/mol. The highest BCUT2D eigenvalue weighted by molar-refractivity contribution is 7.99. The zero-order valence-electron chi connectivity index (χ0n) is 18.0. The van der Waals surface area contributed by atoms with Crippen LogP contribution in [0.1, 0.15) is 0 Å². The van der Waals surface area contributed by atoms with Crippen LogP contribution in [-0.4, -0.2) is 40.1 Å². The summed E-state index contributed by atoms with van der Waals surface area (Å²) in [7, 11) is 1.34. The Labute approximate surface area is 198 Å². The topological polar surface area (TPSA) is 78.3 Å². The van der Waals surface area contributed by atoms with Crippen molar-refractivity contribution in [2.24, 2.45) is 0 Å². The lowest BCUT2D eigenvalue weighted by molar-refractivity contribution is -0.113. The Hall–Kier alpha value is -3.92. The molecule has 0 fully saturated rings. The van der Waals surface area contributed by atoms with E-state index >= 15 is 0 Å². The largest absolute Gasteiger partial charge is 0.493 e. The summed E-state index contributed by atoms with van der Waals surface area (Å²) in [4.78, 5) is 12.6. The van der Waals surface area contributed by atoms with Crippen LogP contribution >= 0.6 is 11.8 Å². The zero-order valence-corrected chi connectivity index (χ0v) is 18.8. The second-order valence-electron chi connectivity index (χ2n) is 6.92. The molecule has 34 heavy (non-hydrogen) atoms. The number of carbonyl (C=O) groups is 1. The van der Waals surface area contributed by atoms with Gasteiger partial charge in [-0.25, -0.2) is 0 Å². The quantitative estimate of drug-likeness (QED) is 0.327. The smallest absolute Gasteiger partial charge is 0.387 e. The van der Waals surface area contributed by atoms with Crippen LogP contribution < -0.4 is 14.8 Å². The summed E-state index contributed by atoms with van der Waals surface area (Å²) in [6, 6.07) is 23.5. The number of methoxy groups -OCH3 is 1. The minimum atomic E-state index is -3.02. The molecule has 1 heterocycles. The Bertz CT molecular complexity index is 1250. The molecule has 174 valence electrons. The van der Waals surface area contributed by atoms with Crippen molar-refractivity contribution in [2.45, 2.75) is 11.8 Å². The van der Waals surface area contributed by atoms with Gasteiger partial charge in [-0.1, -0.05) is 60.3 Å². The number of halogens is 2. The highest BCUT2D eigenvalue weighted by atomic mass is 32.2. The van der Waals surface area contributed by atoms with E-state index in [0.717, 1.165) is 11.3 Å². The van der Waals surface area contributed by atoms with E-state index in [9.17, 15) is 13.6 Å². The van der Waals surface area contributed by atoms with Crippen molar-refractivity contribution in [2.75, 3.05) is 18.2 Å². The number of nitrogens with zero attached hydrogens (tertiary/aromatic N) is 3. The average molecular weight is 483 g/mol. The van der Waals surface area contributed by atoms with Crippen LogP contribution in [0, 0.1) is 0 Å². The van der Waals surface area contributed by atoms with Gasteiger partial charge in [0.05, 0.1) is 12.9 Å². The van der Waals surface area contributed by atoms with Crippen LogP contribution in [0.4, 0.5) is 14.5 Å². The lowest BCUT2D eigenvalue weighted by atomic mass is 10.2. The number of thioether (sulfide) groups is 1. The first-order valence-corrected chi connectivity index (χ1v) is 11.2. The molecule has 0 saturated carbocycles. The van der Waals surface area contributed by atoms with Gasteiger partial charge in [-0.15, -0.1) is 10.2 Å². The van der Waals surface area contributed by atoms with E-state index in [0.29, 0.717) is 16.7 Å². The fourth-order valence-electron chi connectivity index (χ4n) is 3.22. The van der Waals surface area contributed by atoms with Gasteiger partial charge in [-0.3, -0.25) is 9.36 Å². The van der Waals surface area contributed by atoms with Gasteiger partial charge in [-0.2, -0.15) is 8.78 Å². The molecule has 1 amide bonds. The van der Waals surface area contributed by atoms with Crippen LogP contribution in [0.25, 0.3) is 17.1 Å². The fraction of sp³-hybridized carbons (Fsp3) is 0.125. The summed E-state index contributed by atoms with van der Waals surface area (Å²) in [5.74, 6) is 0.300. The van der Waals surface area contributed by atoms with Crippen LogP contribution in [0.15, 0.2) is 84.0 Å². The van der Waals surface area contributed by atoms with Crippen molar-refractivity contribution < 1.29 is 23.0 Å². The second-order valence-corrected chi connectivity index (χ2v) is 7.87. The molecule has 0 radical (unpaired) electrons. The lowest BCUT2D eigenvalue weighted by Crippen LogP contribution is -2.15. The van der Waals surface area contributed by atoms with Gasteiger partial charge in [0.15, 0.2) is 22.5 Å². The van der Waals surface area contributed by atoms with Crippen molar-refractivity contribution in [3.05, 3.63) is 78.9 Å². The number of para-hydroxylation sites is 1. The number of anilines is 1. The third-order valence-corrected chi connectivity index (χ3v) is 5.60. The lowest BCUT2D eigenvalue weighted by Gasteiger charge is -2.12. The van der Waals surface area contributed by atoms with E-state index < -0.39 is 6.61 Å². The number of ether oxygens (including phenoxy) is 2. The molecule has 4 aromatic rings. The van der Waals surface area contributed by atoms with Gasteiger partial charge >= 0.3 is 6.61 Å². The summed E-state index contributed by atoms with van der Waals surface area (Å²) >= 11 is 1.21. The van der Waals surface area contributed by atoms with Crippen molar-refractivity contribution in [1.82, 2.24) is 14.8 Å². The van der Waals surface area contributed by atoms with Gasteiger partial charge in [-0.05, 0) is 24.3 Å². The molecule has 4 rings (SSSR count). The SMILES string of the molecule is COc1ccc(NC(=O)CSc2nnc(-c3ccccc3)n2-c2ccccc2)cc1OC(F)F. The molecule has 0 saturated heterocycles. The van der Waals surface area contributed by atoms with Gasteiger partial charge in [0.25, 0.3) is 0 Å². The van der Waals surface area contributed by atoms with E-state index in [2.05, 4.69) is 20.3 Å². The molecular formula is C24H20F2N4O3S. The highest BCUT2D eigenvalue weighted by Gasteiger charge is 2.18. The molecule has 0 atom stereocenters. The minimum Gasteiger partial charge on any atom is -0.493 e. The molecule has 0 aliphatic carbocycles. The van der Waals surface area contributed by atoms with Gasteiger partial charge < -0.3 is 14.8 Å². The molecular weight excluding hydrogens is 462 g/mol. The van der Waals surface area contributed by atoms with Crippen molar-refractivity contribution >= 4 is 23.4 Å². The molecule has 0 bridgehead atoms. The fourth-order valence-corrected chi connectivity index (χ4v) is 3.97. The van der Waals surface area contributed by atoms with E-state index in [1.807, 2.05) is 65.2 Å². The van der Waals surface area contributed by atoms with E-state index in [1.165, 1.54) is 31.0 Å². The summed E-state index contributed by atoms with van der Waals surface area (Å²) in [6.07, 6.45) is 0. The number of amides is 1. The first kappa shape index (κ1) is 23.2. The predicted octanol–water partition coefficient (Wildman–Crippen LogP) is 5.28. The standard InChI is InChI=1S/C24H20F2N4O3S/c1-32-19-13-12-17(14-20(19)33-23(25)26)27-21(31)15-34-24-29-28-22(16-8-4-2-5-9-16)30(24)18-10-6-3-7-11-18/h2-14,23H,15H2,1H3,(H,27,31). The molecule has 3 aromatic carbocycles. The van der Waals surface area contributed by atoms with Gasteiger partial charge in [0.2, 0.25) is 5.91 Å². The van der Waals surface area contributed by atoms with Crippen molar-refractivity contribution in [1.29, 1.82) is 0 Å². The summed E-state index contributed by atoms with van der Waals surface area (Å²) in [5, 5.41) is 11.9. The molecule has 0 aliphatic heterocycles. The Morgan fingerprint density at radius 2 is 1.71 bits per heavy atom. The molecule has 1 N–H and O–H groups in total. The Morgan fingerprint density at radius 1 is 1.00 bits per heavy atom. The first-order chi connectivity index (χ1) is 16.5. The molecule has 7 nitrogen and oxygen atoms in total. The van der Waals surface area contributed by atoms with Crippen molar-refractivity contribution in [3.63, 3.8) is 0 Å². The first-order valence-electron chi connectivity index (χ1n) is 10.2. The van der Waals surface area contributed by atoms with E-state index in [4.69, 9.17) is 4.74 Å². The second kappa shape index (κ2) is 10.8. The van der Waals surface area contributed by atoms with E-state index in [1.54, 1.807) is 6.07 Å². The Morgan fingerprint density at radius 3 is 2.38 bits per heavy atom. The van der Waals surface area contributed by atoms with E-state index in [-0.39, 0.29) is 23.2 Å². The molecule has 0 aliphatic rings. The number of hydrogen-bond donors (Lipinski definition) is 1. The summed E-state index contributed by atoms with van der Waals surface area (Å²) < 4.78 is 36.7. The Kier molecular flexibility index (Phi) is 7.38. The number of rotatable bonds is 9. The minimum absolute atomic E-state index is 0.0246. The number of alkyl halides is 2. The molecule has 0 unspecified atom stereocenters. The molecule has 0 spiro atoms. The highest BCUT2D eigenvalue weighted by Crippen LogP contribution is 2.32. The van der Waals surface area contributed by atoms with Crippen molar-refractivity contribution in [3.8, 4) is 28.6 Å². The monoisotopic (exact) mass is 482 g/mol. The molecule has 10 heteroatoms. The third kappa shape index (κ3) is 5.52. The maximum atomic E-state index is 12.7. The maximum Gasteiger partial charge on any atom is 0.387 e. The molecule has 1 aromatic heterocycles.